The molecular formula is C9H12ClN3O3S. The standard InChI is InChI=1S/C9H12ClN3O3S/c10-8-6-7(2-4-12-8)9(14)13-3-1-5-17(11,15)16/h2,4,6H,1,3,5H2,(H,13,14)(H2,11,15,16). The zero-order valence-electron chi connectivity index (χ0n) is 8.89. The topological polar surface area (TPSA) is 102 Å². The molecule has 6 nitrogen and oxygen atoms in total. The molecule has 0 aliphatic carbocycles. The average molecular weight is 278 g/mol. The second kappa shape index (κ2) is 5.95. The van der Waals surface area contributed by atoms with E-state index in [4.69, 9.17) is 16.7 Å². The summed E-state index contributed by atoms with van der Waals surface area (Å²) in [7, 11) is -3.48. The van der Waals surface area contributed by atoms with Gasteiger partial charge in [0.25, 0.3) is 5.91 Å². The van der Waals surface area contributed by atoms with Gasteiger partial charge in [0.15, 0.2) is 0 Å². The summed E-state index contributed by atoms with van der Waals surface area (Å²) in [5, 5.41) is 7.59. The van der Waals surface area contributed by atoms with Gasteiger partial charge in [0.1, 0.15) is 5.15 Å². The Balaban J connectivity index is 2.41. The van der Waals surface area contributed by atoms with Gasteiger partial charge in [0, 0.05) is 18.3 Å². The fourth-order valence-electron chi connectivity index (χ4n) is 1.12. The first kappa shape index (κ1) is 13.9. The number of primary sulfonamides is 1. The van der Waals surface area contributed by atoms with E-state index >= 15 is 0 Å². The third-order valence-corrected chi connectivity index (χ3v) is 2.94. The molecule has 3 N–H and O–H groups in total. The SMILES string of the molecule is NS(=O)(=O)CCCNC(=O)c1ccnc(Cl)c1. The summed E-state index contributed by atoms with van der Waals surface area (Å²) in [5.74, 6) is -0.492. The van der Waals surface area contributed by atoms with Crippen molar-refractivity contribution in [3.8, 4) is 0 Å². The number of nitrogens with two attached hydrogens (primary N) is 1. The van der Waals surface area contributed by atoms with Crippen LogP contribution in [-0.4, -0.2) is 31.6 Å². The fraction of sp³-hybridized carbons (Fsp3) is 0.333. The zero-order valence-corrected chi connectivity index (χ0v) is 10.5. The van der Waals surface area contributed by atoms with E-state index < -0.39 is 10.0 Å². The highest BCUT2D eigenvalue weighted by atomic mass is 35.5. The van der Waals surface area contributed by atoms with Crippen molar-refractivity contribution in [2.75, 3.05) is 12.3 Å². The summed E-state index contributed by atoms with van der Waals surface area (Å²) in [6.45, 7) is 0.231. The Labute approximate surface area is 104 Å². The van der Waals surface area contributed by atoms with Crippen LogP contribution in [0.3, 0.4) is 0 Å². The Morgan fingerprint density at radius 3 is 2.82 bits per heavy atom. The van der Waals surface area contributed by atoms with Crippen molar-refractivity contribution < 1.29 is 13.2 Å². The molecule has 94 valence electrons. The number of hydrogen-bond donors (Lipinski definition) is 2. The highest BCUT2D eigenvalue weighted by Crippen LogP contribution is 2.06. The average Bonchev–Trinajstić information content (AvgIpc) is 2.23. The predicted molar refractivity (Wildman–Crippen MR) is 64.2 cm³/mol. The molecule has 8 heteroatoms. The van der Waals surface area contributed by atoms with Gasteiger partial charge in [-0.3, -0.25) is 4.79 Å². The Morgan fingerprint density at radius 2 is 2.24 bits per heavy atom. The van der Waals surface area contributed by atoms with Gasteiger partial charge in [0.2, 0.25) is 10.0 Å². The van der Waals surface area contributed by atoms with Gasteiger partial charge in [-0.2, -0.15) is 0 Å². The quantitative estimate of drug-likeness (QED) is 0.590. The van der Waals surface area contributed by atoms with E-state index in [2.05, 4.69) is 10.3 Å². The molecule has 1 rings (SSSR count). The van der Waals surface area contributed by atoms with Gasteiger partial charge < -0.3 is 5.32 Å². The van der Waals surface area contributed by atoms with Crippen molar-refractivity contribution in [2.45, 2.75) is 6.42 Å². The largest absolute Gasteiger partial charge is 0.352 e. The molecule has 0 aliphatic rings. The summed E-state index contributed by atoms with van der Waals surface area (Å²) >= 11 is 5.62. The van der Waals surface area contributed by atoms with Crippen molar-refractivity contribution in [2.24, 2.45) is 5.14 Å². The molecule has 0 fully saturated rings. The number of carbonyl (C=O) groups excluding carboxylic acids is 1. The third kappa shape index (κ3) is 5.62. The van der Waals surface area contributed by atoms with Gasteiger partial charge in [0.05, 0.1) is 5.75 Å². The molecule has 0 aromatic carbocycles. The highest BCUT2D eigenvalue weighted by molar-refractivity contribution is 7.89. The van der Waals surface area contributed by atoms with Crippen molar-refractivity contribution >= 4 is 27.5 Å². The Kier molecular flexibility index (Phi) is 4.86. The third-order valence-electron chi connectivity index (χ3n) is 1.88. The summed E-state index contributed by atoms with van der Waals surface area (Å²) in [4.78, 5) is 15.3. The van der Waals surface area contributed by atoms with Crippen LogP contribution in [0.25, 0.3) is 0 Å². The maximum Gasteiger partial charge on any atom is 0.251 e. The van der Waals surface area contributed by atoms with Crippen LogP contribution in [0.15, 0.2) is 18.3 Å². The molecule has 1 amide bonds. The summed E-state index contributed by atoms with van der Waals surface area (Å²) in [6, 6.07) is 2.94. The van der Waals surface area contributed by atoms with Crippen molar-refractivity contribution in [3.05, 3.63) is 29.0 Å². The maximum atomic E-state index is 11.5. The van der Waals surface area contributed by atoms with Gasteiger partial charge in [-0.05, 0) is 18.6 Å². The van der Waals surface area contributed by atoms with E-state index in [-0.39, 0.29) is 29.8 Å². The molecule has 0 unspecified atom stereocenters. The van der Waals surface area contributed by atoms with E-state index in [9.17, 15) is 13.2 Å². The number of halogens is 1. The number of pyridine rings is 1. The molecule has 0 aliphatic heterocycles. The van der Waals surface area contributed by atoms with Crippen molar-refractivity contribution in [1.29, 1.82) is 0 Å². The van der Waals surface area contributed by atoms with E-state index in [0.717, 1.165) is 0 Å². The Morgan fingerprint density at radius 1 is 1.53 bits per heavy atom. The van der Waals surface area contributed by atoms with Crippen molar-refractivity contribution in [3.63, 3.8) is 0 Å². The van der Waals surface area contributed by atoms with E-state index in [0.29, 0.717) is 5.56 Å². The van der Waals surface area contributed by atoms with Crippen LogP contribution in [0.5, 0.6) is 0 Å². The first-order valence-electron chi connectivity index (χ1n) is 4.79. The fourth-order valence-corrected chi connectivity index (χ4v) is 1.84. The van der Waals surface area contributed by atoms with Crippen LogP contribution in [0.1, 0.15) is 16.8 Å². The van der Waals surface area contributed by atoms with Crippen LogP contribution in [0.4, 0.5) is 0 Å². The van der Waals surface area contributed by atoms with Gasteiger partial charge >= 0.3 is 0 Å². The molecule has 0 bridgehead atoms. The molecule has 17 heavy (non-hydrogen) atoms. The normalized spacial score (nSPS) is 11.2. The predicted octanol–water partition coefficient (Wildman–Crippen LogP) is 0.143. The Bertz CT molecular complexity index is 504. The number of nitrogens with zero attached hydrogens (tertiary/aromatic N) is 1. The molecule has 0 saturated carbocycles. The minimum atomic E-state index is -3.48. The van der Waals surface area contributed by atoms with E-state index in [1.165, 1.54) is 18.3 Å². The molecule has 1 aromatic rings. The van der Waals surface area contributed by atoms with Crippen LogP contribution < -0.4 is 10.5 Å². The van der Waals surface area contributed by atoms with Crippen molar-refractivity contribution in [1.82, 2.24) is 10.3 Å². The maximum absolute atomic E-state index is 11.5. The number of rotatable bonds is 5. The molecule has 0 spiro atoms. The Hall–Kier alpha value is -1.18. The van der Waals surface area contributed by atoms with Gasteiger partial charge in [-0.1, -0.05) is 11.6 Å². The first-order chi connectivity index (χ1) is 7.88. The molecular weight excluding hydrogens is 266 g/mol. The van der Waals surface area contributed by atoms with Gasteiger partial charge in [-0.15, -0.1) is 0 Å². The minimum absolute atomic E-state index is 0.162. The first-order valence-corrected chi connectivity index (χ1v) is 6.88. The lowest BCUT2D eigenvalue weighted by molar-refractivity contribution is 0.0953. The zero-order chi connectivity index (χ0) is 12.9. The summed E-state index contributed by atoms with van der Waals surface area (Å²) in [6.07, 6.45) is 1.69. The number of amides is 1. The second-order valence-electron chi connectivity index (χ2n) is 3.34. The minimum Gasteiger partial charge on any atom is -0.352 e. The van der Waals surface area contributed by atoms with Crippen LogP contribution in [-0.2, 0) is 10.0 Å². The number of hydrogen-bond acceptors (Lipinski definition) is 4. The molecule has 1 heterocycles. The number of carbonyl (C=O) groups is 1. The molecule has 1 aromatic heterocycles. The number of sulfonamides is 1. The molecule has 0 atom stereocenters. The van der Waals surface area contributed by atoms with E-state index in [1.54, 1.807) is 0 Å². The van der Waals surface area contributed by atoms with Crippen LogP contribution in [0.2, 0.25) is 5.15 Å². The summed E-state index contributed by atoms with van der Waals surface area (Å²) < 4.78 is 21.3. The lowest BCUT2D eigenvalue weighted by Crippen LogP contribution is -2.27. The van der Waals surface area contributed by atoms with Crippen LogP contribution in [0, 0.1) is 0 Å². The second-order valence-corrected chi connectivity index (χ2v) is 5.46. The molecule has 0 saturated heterocycles. The monoisotopic (exact) mass is 277 g/mol. The van der Waals surface area contributed by atoms with Crippen LogP contribution >= 0.6 is 11.6 Å². The summed E-state index contributed by atoms with van der Waals surface area (Å²) in [5.41, 5.74) is 0.376. The number of nitrogens with one attached hydrogen (secondary N) is 1. The van der Waals surface area contributed by atoms with Gasteiger partial charge in [-0.25, -0.2) is 18.5 Å². The lowest BCUT2D eigenvalue weighted by atomic mass is 10.2. The smallest absolute Gasteiger partial charge is 0.251 e. The number of aromatic nitrogens is 1. The van der Waals surface area contributed by atoms with E-state index in [1.807, 2.05) is 0 Å². The lowest BCUT2D eigenvalue weighted by Gasteiger charge is -2.04. The molecule has 0 radical (unpaired) electrons. The highest BCUT2D eigenvalue weighted by Gasteiger charge is 2.07.